The van der Waals surface area contributed by atoms with E-state index in [1.54, 1.807) is 11.1 Å². The molecule has 6 heteroatoms. The molecule has 0 unspecified atom stereocenters. The van der Waals surface area contributed by atoms with Crippen LogP contribution < -0.4 is 10.6 Å². The highest BCUT2D eigenvalue weighted by atomic mass is 16.6. The minimum Gasteiger partial charge on any atom is -0.450 e. The lowest BCUT2D eigenvalue weighted by Crippen LogP contribution is -2.49. The Morgan fingerprint density at radius 3 is 2.68 bits per heavy atom. The molecule has 0 saturated carbocycles. The number of carbonyl (C=O) groups excluding carboxylic acids is 1. The third-order valence-corrected chi connectivity index (χ3v) is 3.26. The number of nitrogens with two attached hydrogens (primary N) is 1. The molecule has 0 bridgehead atoms. The molecule has 0 atom stereocenters. The molecule has 1 aliphatic rings. The van der Waals surface area contributed by atoms with Gasteiger partial charge in [-0.2, -0.15) is 0 Å². The number of aromatic nitrogens is 1. The molecule has 1 aromatic heterocycles. The van der Waals surface area contributed by atoms with Crippen LogP contribution >= 0.6 is 0 Å². The quantitative estimate of drug-likeness (QED) is 0.870. The van der Waals surface area contributed by atoms with E-state index in [1.807, 2.05) is 19.9 Å². The summed E-state index contributed by atoms with van der Waals surface area (Å²) in [5.41, 5.74) is 7.62. The molecule has 0 radical (unpaired) electrons. The molecule has 0 spiro atoms. The number of piperazine rings is 1. The fraction of sp³-hybridized carbons (Fsp3) is 0.538. The second-order valence-corrected chi connectivity index (χ2v) is 4.57. The fourth-order valence-electron chi connectivity index (χ4n) is 2.03. The molecule has 2 N–H and O–H groups in total. The van der Waals surface area contributed by atoms with E-state index >= 15 is 0 Å². The van der Waals surface area contributed by atoms with Gasteiger partial charge in [0.15, 0.2) is 0 Å². The molecule has 1 aromatic rings. The first-order valence-electron chi connectivity index (χ1n) is 6.50. The molecule has 6 nitrogen and oxygen atoms in total. The second kappa shape index (κ2) is 5.77. The Balaban J connectivity index is 1.96. The van der Waals surface area contributed by atoms with Crippen molar-refractivity contribution in [3.63, 3.8) is 0 Å². The van der Waals surface area contributed by atoms with Crippen LogP contribution in [0.1, 0.15) is 12.5 Å². The molecule has 1 aliphatic heterocycles. The summed E-state index contributed by atoms with van der Waals surface area (Å²) >= 11 is 0. The topological polar surface area (TPSA) is 71.7 Å². The Morgan fingerprint density at radius 1 is 1.42 bits per heavy atom. The monoisotopic (exact) mass is 264 g/mol. The molecule has 0 aliphatic carbocycles. The molecule has 19 heavy (non-hydrogen) atoms. The zero-order valence-corrected chi connectivity index (χ0v) is 11.4. The van der Waals surface area contributed by atoms with Crippen LogP contribution in [0.3, 0.4) is 0 Å². The van der Waals surface area contributed by atoms with Crippen molar-refractivity contribution in [2.24, 2.45) is 0 Å². The third kappa shape index (κ3) is 3.07. The molecule has 104 valence electrons. The smallest absolute Gasteiger partial charge is 0.409 e. The van der Waals surface area contributed by atoms with Crippen LogP contribution in [0.25, 0.3) is 0 Å². The van der Waals surface area contributed by atoms with Gasteiger partial charge in [0.1, 0.15) is 5.82 Å². The van der Waals surface area contributed by atoms with Crippen molar-refractivity contribution in [2.45, 2.75) is 13.8 Å². The number of ether oxygens (including phenoxy) is 1. The Hall–Kier alpha value is -1.98. The molecular formula is C13H20N4O2. The van der Waals surface area contributed by atoms with Gasteiger partial charge in [0.25, 0.3) is 0 Å². The van der Waals surface area contributed by atoms with Crippen LogP contribution in [-0.4, -0.2) is 48.8 Å². The van der Waals surface area contributed by atoms with Gasteiger partial charge in [0.2, 0.25) is 0 Å². The molecule has 0 aromatic carbocycles. The Kier molecular flexibility index (Phi) is 4.09. The van der Waals surface area contributed by atoms with Crippen LogP contribution in [0.5, 0.6) is 0 Å². The maximum atomic E-state index is 11.6. The van der Waals surface area contributed by atoms with Crippen molar-refractivity contribution in [2.75, 3.05) is 43.4 Å². The van der Waals surface area contributed by atoms with Crippen molar-refractivity contribution in [1.82, 2.24) is 9.88 Å². The summed E-state index contributed by atoms with van der Waals surface area (Å²) in [5.74, 6) is 0.867. The normalized spacial score (nSPS) is 15.5. The highest BCUT2D eigenvalue weighted by Gasteiger charge is 2.22. The number of anilines is 2. The van der Waals surface area contributed by atoms with E-state index in [9.17, 15) is 4.79 Å². The number of carbonyl (C=O) groups is 1. The van der Waals surface area contributed by atoms with Crippen molar-refractivity contribution in [3.05, 3.63) is 17.8 Å². The number of pyridine rings is 1. The van der Waals surface area contributed by atoms with E-state index in [-0.39, 0.29) is 6.09 Å². The highest BCUT2D eigenvalue weighted by Crippen LogP contribution is 2.19. The zero-order chi connectivity index (χ0) is 13.8. The van der Waals surface area contributed by atoms with E-state index in [4.69, 9.17) is 10.5 Å². The first-order chi connectivity index (χ1) is 9.11. The number of rotatable bonds is 2. The van der Waals surface area contributed by atoms with Gasteiger partial charge in [-0.25, -0.2) is 9.78 Å². The summed E-state index contributed by atoms with van der Waals surface area (Å²) in [5, 5.41) is 0. The van der Waals surface area contributed by atoms with Crippen molar-refractivity contribution < 1.29 is 9.53 Å². The number of amides is 1. The standard InChI is InChI=1S/C13H20N4O2/c1-3-19-13(18)17-6-4-16(5-7-17)12-8-11(14)10(2)9-15-12/h8-9H,3-7H2,1-2H3,(H2,14,15). The first-order valence-corrected chi connectivity index (χ1v) is 6.50. The van der Waals surface area contributed by atoms with Crippen LogP contribution in [0.2, 0.25) is 0 Å². The van der Waals surface area contributed by atoms with Gasteiger partial charge >= 0.3 is 6.09 Å². The average molecular weight is 264 g/mol. The molecule has 2 heterocycles. The summed E-state index contributed by atoms with van der Waals surface area (Å²) in [6.45, 7) is 6.94. The minimum atomic E-state index is -0.237. The Labute approximate surface area is 113 Å². The lowest BCUT2D eigenvalue weighted by molar-refractivity contribution is 0.105. The summed E-state index contributed by atoms with van der Waals surface area (Å²) in [6.07, 6.45) is 1.54. The first kappa shape index (κ1) is 13.5. The zero-order valence-electron chi connectivity index (χ0n) is 11.4. The van der Waals surface area contributed by atoms with Crippen molar-refractivity contribution in [3.8, 4) is 0 Å². The lowest BCUT2D eigenvalue weighted by atomic mass is 10.2. The molecule has 1 fully saturated rings. The number of nitrogen functional groups attached to an aromatic ring is 1. The van der Waals surface area contributed by atoms with E-state index < -0.39 is 0 Å². The molecule has 2 rings (SSSR count). The van der Waals surface area contributed by atoms with Crippen LogP contribution in [0.4, 0.5) is 16.3 Å². The van der Waals surface area contributed by atoms with Gasteiger partial charge < -0.3 is 20.3 Å². The maximum Gasteiger partial charge on any atom is 0.409 e. The van der Waals surface area contributed by atoms with Gasteiger partial charge in [-0.15, -0.1) is 0 Å². The second-order valence-electron chi connectivity index (χ2n) is 4.57. The van der Waals surface area contributed by atoms with Gasteiger partial charge in [0.05, 0.1) is 6.61 Å². The fourth-order valence-corrected chi connectivity index (χ4v) is 2.03. The number of hydrogen-bond donors (Lipinski definition) is 1. The molecule has 1 saturated heterocycles. The van der Waals surface area contributed by atoms with Gasteiger partial charge in [-0.3, -0.25) is 0 Å². The predicted octanol–water partition coefficient (Wildman–Crippen LogP) is 1.25. The third-order valence-electron chi connectivity index (χ3n) is 3.26. The van der Waals surface area contributed by atoms with E-state index in [1.165, 1.54) is 0 Å². The Bertz CT molecular complexity index is 456. The van der Waals surface area contributed by atoms with E-state index in [0.717, 1.165) is 30.2 Å². The number of hydrogen-bond acceptors (Lipinski definition) is 5. The van der Waals surface area contributed by atoms with E-state index in [0.29, 0.717) is 19.7 Å². The summed E-state index contributed by atoms with van der Waals surface area (Å²) in [7, 11) is 0. The minimum absolute atomic E-state index is 0.237. The largest absolute Gasteiger partial charge is 0.450 e. The number of aryl methyl sites for hydroxylation is 1. The molecule has 1 amide bonds. The number of nitrogens with zero attached hydrogens (tertiary/aromatic N) is 3. The van der Waals surface area contributed by atoms with Gasteiger partial charge in [-0.05, 0) is 19.4 Å². The van der Waals surface area contributed by atoms with Gasteiger partial charge in [0, 0.05) is 44.1 Å². The van der Waals surface area contributed by atoms with E-state index in [2.05, 4.69) is 9.88 Å². The lowest BCUT2D eigenvalue weighted by Gasteiger charge is -2.34. The van der Waals surface area contributed by atoms with Gasteiger partial charge in [-0.1, -0.05) is 0 Å². The Morgan fingerprint density at radius 2 is 2.11 bits per heavy atom. The summed E-state index contributed by atoms with van der Waals surface area (Å²) in [4.78, 5) is 19.8. The van der Waals surface area contributed by atoms with Crippen molar-refractivity contribution in [1.29, 1.82) is 0 Å². The SMILES string of the molecule is CCOC(=O)N1CCN(c2cc(N)c(C)cn2)CC1. The predicted molar refractivity (Wildman–Crippen MR) is 74.2 cm³/mol. The highest BCUT2D eigenvalue weighted by molar-refractivity contribution is 5.68. The summed E-state index contributed by atoms with van der Waals surface area (Å²) in [6, 6.07) is 1.88. The maximum absolute atomic E-state index is 11.6. The summed E-state index contributed by atoms with van der Waals surface area (Å²) < 4.78 is 4.99. The average Bonchev–Trinajstić information content (AvgIpc) is 2.42. The van der Waals surface area contributed by atoms with Crippen LogP contribution in [0, 0.1) is 6.92 Å². The van der Waals surface area contributed by atoms with Crippen LogP contribution in [-0.2, 0) is 4.74 Å². The van der Waals surface area contributed by atoms with Crippen LogP contribution in [0.15, 0.2) is 12.3 Å². The molecular weight excluding hydrogens is 244 g/mol. The van der Waals surface area contributed by atoms with Crippen molar-refractivity contribution >= 4 is 17.6 Å².